The van der Waals surface area contributed by atoms with Crippen molar-refractivity contribution in [3.8, 4) is 0 Å². The predicted octanol–water partition coefficient (Wildman–Crippen LogP) is 4.67. The van der Waals surface area contributed by atoms with Crippen molar-refractivity contribution in [2.75, 3.05) is 0 Å². The van der Waals surface area contributed by atoms with Gasteiger partial charge in [-0.2, -0.15) is 63.7 Å². The lowest BCUT2D eigenvalue weighted by atomic mass is 9.86. The summed E-state index contributed by atoms with van der Waals surface area (Å²) in [6, 6.07) is 2.92. The summed E-state index contributed by atoms with van der Waals surface area (Å²) in [5.41, 5.74) is -1.07. The van der Waals surface area contributed by atoms with Gasteiger partial charge >= 0.3 is 6.18 Å². The maximum atomic E-state index is 13.5. The molecule has 3 atom stereocenters. The molecule has 0 radical (unpaired) electrons. The zero-order valence-electron chi connectivity index (χ0n) is 18.9. The largest absolute Gasteiger partial charge is 0.433 e. The summed E-state index contributed by atoms with van der Waals surface area (Å²) >= 11 is 0. The standard InChI is InChI=1S/C21H19F5N6O.3H2S/c1-10-6-11(7-17(29-10)21(24,25)26)19(33)31-12-2-4-13(15(31)5-3-12)16-8-14(18(22)23)30-20-27-9-28-32(16)20;;;/h6-9,12-13,15,18H,2-5H2,1H3;3*1H2/t12-,13-,15-;;;/m0.../s1. The second kappa shape index (κ2) is 11.1. The molecule has 7 nitrogen and oxygen atoms in total. The van der Waals surface area contributed by atoms with E-state index in [1.807, 2.05) is 0 Å². The maximum Gasteiger partial charge on any atom is 0.433 e. The maximum absolute atomic E-state index is 13.5. The van der Waals surface area contributed by atoms with Gasteiger partial charge in [-0.3, -0.25) is 4.79 Å². The van der Waals surface area contributed by atoms with Crippen LogP contribution in [0.1, 0.15) is 71.2 Å². The first kappa shape index (κ1) is 30.1. The van der Waals surface area contributed by atoms with Crippen LogP contribution in [0.15, 0.2) is 24.5 Å². The van der Waals surface area contributed by atoms with Crippen molar-refractivity contribution in [2.45, 2.75) is 63.2 Å². The van der Waals surface area contributed by atoms with E-state index in [0.717, 1.165) is 6.07 Å². The van der Waals surface area contributed by atoms with E-state index in [9.17, 15) is 26.7 Å². The molecule has 36 heavy (non-hydrogen) atoms. The number of hydrogen-bond donors (Lipinski definition) is 0. The minimum Gasteiger partial charge on any atom is -0.332 e. The van der Waals surface area contributed by atoms with Crippen LogP contribution in [-0.4, -0.2) is 47.5 Å². The van der Waals surface area contributed by atoms with Gasteiger partial charge in [-0.1, -0.05) is 0 Å². The summed E-state index contributed by atoms with van der Waals surface area (Å²) in [5, 5.41) is 4.12. The second-order valence-corrected chi connectivity index (χ2v) is 8.45. The summed E-state index contributed by atoms with van der Waals surface area (Å²) in [6.45, 7) is 1.41. The zero-order valence-corrected chi connectivity index (χ0v) is 21.9. The monoisotopic (exact) mass is 568 g/mol. The molecule has 0 aromatic carbocycles. The SMILES string of the molecule is Cc1cc(C(=O)N2[C@H]3CC[C@H](c4cc(C(F)F)nc5ncnn45)[C@@H]2CC3)cc(C(F)(F)F)n1.S.S.S. The highest BCUT2D eigenvalue weighted by Crippen LogP contribution is 2.45. The van der Waals surface area contributed by atoms with Crippen LogP contribution in [-0.2, 0) is 6.18 Å². The highest BCUT2D eigenvalue weighted by atomic mass is 32.1. The van der Waals surface area contributed by atoms with Gasteiger partial charge in [0.2, 0.25) is 0 Å². The van der Waals surface area contributed by atoms with Crippen molar-refractivity contribution in [1.29, 1.82) is 0 Å². The average molecular weight is 569 g/mol. The Morgan fingerprint density at radius 2 is 1.72 bits per heavy atom. The number of alkyl halides is 5. The van der Waals surface area contributed by atoms with E-state index in [1.165, 1.54) is 29.9 Å². The molecule has 2 bridgehead atoms. The van der Waals surface area contributed by atoms with Gasteiger partial charge in [0.1, 0.15) is 17.7 Å². The third-order valence-corrected chi connectivity index (χ3v) is 6.45. The van der Waals surface area contributed by atoms with Crippen LogP contribution in [0.2, 0.25) is 0 Å². The molecule has 5 rings (SSSR count). The molecule has 5 heterocycles. The van der Waals surface area contributed by atoms with Crippen molar-refractivity contribution in [1.82, 2.24) is 29.5 Å². The van der Waals surface area contributed by atoms with Crippen molar-refractivity contribution >= 4 is 52.2 Å². The number of carbonyl (C=O) groups excluding carboxylic acids is 1. The highest BCUT2D eigenvalue weighted by molar-refractivity contribution is 7.59. The molecule has 2 aliphatic rings. The van der Waals surface area contributed by atoms with Gasteiger partial charge in [0.15, 0.2) is 0 Å². The minimum absolute atomic E-state index is 0. The Hall–Kier alpha value is -2.13. The number of hydrogen-bond acceptors (Lipinski definition) is 5. The molecule has 0 saturated carbocycles. The predicted molar refractivity (Wildman–Crippen MR) is 136 cm³/mol. The second-order valence-electron chi connectivity index (χ2n) is 8.45. The molecular weight excluding hydrogens is 543 g/mol. The number of amides is 1. The lowest BCUT2D eigenvalue weighted by Crippen LogP contribution is -2.47. The Morgan fingerprint density at radius 1 is 1.03 bits per heavy atom. The number of nitrogens with zero attached hydrogens (tertiary/aromatic N) is 6. The van der Waals surface area contributed by atoms with Crippen molar-refractivity contribution in [3.05, 3.63) is 52.9 Å². The van der Waals surface area contributed by atoms with Crippen LogP contribution in [0, 0.1) is 6.92 Å². The van der Waals surface area contributed by atoms with Crippen molar-refractivity contribution in [2.24, 2.45) is 0 Å². The molecule has 15 heteroatoms. The van der Waals surface area contributed by atoms with Crippen molar-refractivity contribution < 1.29 is 26.7 Å². The molecule has 0 N–H and O–H groups in total. The van der Waals surface area contributed by atoms with E-state index >= 15 is 0 Å². The molecule has 1 amide bonds. The van der Waals surface area contributed by atoms with Gasteiger partial charge in [0, 0.05) is 29.3 Å². The fourth-order valence-electron chi connectivity index (χ4n) is 5.13. The minimum atomic E-state index is -4.67. The molecule has 0 aliphatic carbocycles. The van der Waals surface area contributed by atoms with Gasteiger partial charge in [-0.25, -0.2) is 23.3 Å². The third kappa shape index (κ3) is 5.28. The molecule has 198 valence electrons. The van der Waals surface area contributed by atoms with E-state index in [-0.39, 0.29) is 75.5 Å². The Labute approximate surface area is 224 Å². The summed E-state index contributed by atoms with van der Waals surface area (Å²) < 4.78 is 68.1. The van der Waals surface area contributed by atoms with Crippen LogP contribution in [0.5, 0.6) is 0 Å². The number of piperidine rings is 1. The first-order valence-electron chi connectivity index (χ1n) is 10.5. The number of pyridine rings is 1. The topological polar surface area (TPSA) is 76.3 Å². The van der Waals surface area contributed by atoms with Crippen LogP contribution in [0.3, 0.4) is 0 Å². The molecule has 2 fully saturated rings. The summed E-state index contributed by atoms with van der Waals surface area (Å²) in [6.07, 6.45) is -3.72. The number of halogens is 5. The molecule has 3 aromatic rings. The fraction of sp³-hybridized carbons (Fsp3) is 0.476. The summed E-state index contributed by atoms with van der Waals surface area (Å²) in [7, 11) is 0. The Kier molecular flexibility index (Phi) is 9.27. The first-order chi connectivity index (χ1) is 15.6. The quantitative estimate of drug-likeness (QED) is 0.429. The molecule has 0 spiro atoms. The van der Waals surface area contributed by atoms with E-state index < -0.39 is 29.9 Å². The van der Waals surface area contributed by atoms with Gasteiger partial charge in [0.25, 0.3) is 18.1 Å². The highest BCUT2D eigenvalue weighted by Gasteiger charge is 2.47. The number of fused-ring (bicyclic) bond motifs is 3. The van der Waals surface area contributed by atoms with E-state index in [2.05, 4.69) is 20.1 Å². The smallest absolute Gasteiger partial charge is 0.332 e. The van der Waals surface area contributed by atoms with Crippen LogP contribution >= 0.6 is 40.5 Å². The normalized spacial score (nSPS) is 21.1. The van der Waals surface area contributed by atoms with Crippen molar-refractivity contribution in [3.63, 3.8) is 0 Å². The number of aromatic nitrogens is 5. The molecular formula is C21H25F5N6OS3. The molecule has 2 aliphatic heterocycles. The zero-order chi connectivity index (χ0) is 23.5. The summed E-state index contributed by atoms with van der Waals surface area (Å²) in [4.78, 5) is 26.3. The third-order valence-electron chi connectivity index (χ3n) is 6.45. The number of aryl methyl sites for hydroxylation is 1. The average Bonchev–Trinajstić information content (AvgIpc) is 3.34. The van der Waals surface area contributed by atoms with Gasteiger partial charge in [-0.05, 0) is 50.8 Å². The Bertz CT molecular complexity index is 1240. The van der Waals surface area contributed by atoms with Crippen LogP contribution in [0.25, 0.3) is 5.78 Å². The number of carbonyl (C=O) groups is 1. The van der Waals surface area contributed by atoms with Gasteiger partial charge < -0.3 is 4.90 Å². The molecule has 2 saturated heterocycles. The first-order valence-corrected chi connectivity index (χ1v) is 10.5. The van der Waals surface area contributed by atoms with Gasteiger partial charge in [0.05, 0.1) is 5.69 Å². The van der Waals surface area contributed by atoms with Crippen LogP contribution < -0.4 is 0 Å². The van der Waals surface area contributed by atoms with E-state index in [1.54, 1.807) is 4.90 Å². The van der Waals surface area contributed by atoms with Gasteiger partial charge in [-0.15, -0.1) is 0 Å². The molecule has 0 unspecified atom stereocenters. The summed E-state index contributed by atoms with van der Waals surface area (Å²) in [5.74, 6) is -0.802. The lowest BCUT2D eigenvalue weighted by Gasteiger charge is -2.40. The fourth-order valence-corrected chi connectivity index (χ4v) is 5.13. The van der Waals surface area contributed by atoms with E-state index in [0.29, 0.717) is 31.4 Å². The van der Waals surface area contributed by atoms with E-state index in [4.69, 9.17) is 0 Å². The molecule has 3 aromatic heterocycles. The Balaban J connectivity index is 0.00000152. The lowest BCUT2D eigenvalue weighted by molar-refractivity contribution is -0.141. The Morgan fingerprint density at radius 3 is 2.39 bits per heavy atom. The number of rotatable bonds is 3. The van der Waals surface area contributed by atoms with Crippen LogP contribution in [0.4, 0.5) is 22.0 Å².